The summed E-state index contributed by atoms with van der Waals surface area (Å²) in [5.74, 6) is -3.25. The molecule has 0 aromatic carbocycles. The number of rotatable bonds is 5. The predicted octanol–water partition coefficient (Wildman–Crippen LogP) is -0.246. The van der Waals surface area contributed by atoms with Crippen LogP contribution in [0.25, 0.3) is 0 Å². The van der Waals surface area contributed by atoms with Gasteiger partial charge in [-0.2, -0.15) is 0 Å². The fourth-order valence-corrected chi connectivity index (χ4v) is 1.53. The summed E-state index contributed by atoms with van der Waals surface area (Å²) >= 11 is 1.17. The molecular formula is C8H8N2O5S. The molecule has 8 heteroatoms. The zero-order valence-corrected chi connectivity index (χ0v) is 8.81. The number of aliphatic carboxylic acids is 2. The van der Waals surface area contributed by atoms with Crippen LogP contribution in [0.1, 0.15) is 10.5 Å². The number of amides is 1. The number of hydrogen-bond donors (Lipinski definition) is 2. The minimum Gasteiger partial charge on any atom is -0.480 e. The normalized spacial score (nSPS) is 9.75. The SMILES string of the molecule is O=C(O)CN(CC(=O)O)C(=O)c1cscn1. The van der Waals surface area contributed by atoms with E-state index in [9.17, 15) is 14.4 Å². The van der Waals surface area contributed by atoms with Gasteiger partial charge in [-0.15, -0.1) is 11.3 Å². The molecule has 1 aromatic rings. The first-order valence-electron chi connectivity index (χ1n) is 4.11. The number of carbonyl (C=O) groups excluding carboxylic acids is 1. The first-order valence-corrected chi connectivity index (χ1v) is 5.06. The molecule has 1 amide bonds. The van der Waals surface area contributed by atoms with Crippen molar-refractivity contribution in [3.63, 3.8) is 0 Å². The lowest BCUT2D eigenvalue weighted by Gasteiger charge is -2.16. The third-order valence-corrected chi connectivity index (χ3v) is 2.18. The summed E-state index contributed by atoms with van der Waals surface area (Å²) < 4.78 is 0. The fourth-order valence-electron chi connectivity index (χ4n) is 1.01. The highest BCUT2D eigenvalue weighted by Gasteiger charge is 2.22. The van der Waals surface area contributed by atoms with Crippen LogP contribution in [0.3, 0.4) is 0 Å². The second-order valence-electron chi connectivity index (χ2n) is 2.82. The van der Waals surface area contributed by atoms with E-state index in [0.29, 0.717) is 4.90 Å². The van der Waals surface area contributed by atoms with Gasteiger partial charge in [0.15, 0.2) is 0 Å². The van der Waals surface area contributed by atoms with Crippen LogP contribution in [0.4, 0.5) is 0 Å². The Bertz CT molecular complexity index is 387. The van der Waals surface area contributed by atoms with Crippen molar-refractivity contribution < 1.29 is 24.6 Å². The summed E-state index contributed by atoms with van der Waals surface area (Å²) in [5.41, 5.74) is 1.46. The molecule has 0 aliphatic carbocycles. The summed E-state index contributed by atoms with van der Waals surface area (Å²) in [6.07, 6.45) is 0. The Morgan fingerprint density at radius 3 is 2.19 bits per heavy atom. The monoisotopic (exact) mass is 244 g/mol. The second kappa shape index (κ2) is 5.21. The van der Waals surface area contributed by atoms with E-state index in [4.69, 9.17) is 10.2 Å². The molecule has 16 heavy (non-hydrogen) atoms. The van der Waals surface area contributed by atoms with E-state index >= 15 is 0 Å². The number of hydrogen-bond acceptors (Lipinski definition) is 5. The van der Waals surface area contributed by atoms with Gasteiger partial charge < -0.3 is 15.1 Å². The number of thiazole rings is 1. The molecule has 0 radical (unpaired) electrons. The van der Waals surface area contributed by atoms with Crippen molar-refractivity contribution in [2.75, 3.05) is 13.1 Å². The van der Waals surface area contributed by atoms with E-state index < -0.39 is 30.9 Å². The van der Waals surface area contributed by atoms with Crippen molar-refractivity contribution in [2.45, 2.75) is 0 Å². The predicted molar refractivity (Wildman–Crippen MR) is 53.3 cm³/mol. The summed E-state index contributed by atoms with van der Waals surface area (Å²) in [4.78, 5) is 36.9. The van der Waals surface area contributed by atoms with Gasteiger partial charge >= 0.3 is 11.9 Å². The molecule has 0 saturated carbocycles. The highest BCUT2D eigenvalue weighted by Crippen LogP contribution is 2.05. The van der Waals surface area contributed by atoms with Crippen LogP contribution in [0.5, 0.6) is 0 Å². The molecule has 1 heterocycles. The zero-order valence-electron chi connectivity index (χ0n) is 7.99. The van der Waals surface area contributed by atoms with E-state index in [1.807, 2.05) is 0 Å². The van der Waals surface area contributed by atoms with Gasteiger partial charge in [0, 0.05) is 5.38 Å². The van der Waals surface area contributed by atoms with E-state index in [1.165, 1.54) is 22.2 Å². The molecule has 0 unspecified atom stereocenters. The lowest BCUT2D eigenvalue weighted by molar-refractivity contribution is -0.140. The van der Waals surface area contributed by atoms with Crippen molar-refractivity contribution in [1.29, 1.82) is 0 Å². The minimum absolute atomic E-state index is 0.0486. The Hall–Kier alpha value is -1.96. The lowest BCUT2D eigenvalue weighted by Crippen LogP contribution is -2.39. The Labute approximate surface area is 93.9 Å². The Morgan fingerprint density at radius 1 is 1.25 bits per heavy atom. The lowest BCUT2D eigenvalue weighted by atomic mass is 10.3. The third-order valence-electron chi connectivity index (χ3n) is 1.59. The van der Waals surface area contributed by atoms with Crippen LogP contribution in [-0.2, 0) is 9.59 Å². The maximum atomic E-state index is 11.6. The molecule has 7 nitrogen and oxygen atoms in total. The van der Waals surface area contributed by atoms with E-state index in [0.717, 1.165) is 0 Å². The van der Waals surface area contributed by atoms with Crippen LogP contribution in [0.2, 0.25) is 0 Å². The largest absolute Gasteiger partial charge is 0.480 e. The van der Waals surface area contributed by atoms with Crippen molar-refractivity contribution in [3.05, 3.63) is 16.6 Å². The van der Waals surface area contributed by atoms with E-state index in [1.54, 1.807) is 0 Å². The standard InChI is InChI=1S/C8H8N2O5S/c11-6(12)1-10(2-7(13)14)8(15)5-3-16-4-9-5/h3-4H,1-2H2,(H,11,12)(H,13,14). The van der Waals surface area contributed by atoms with Gasteiger partial charge in [0.1, 0.15) is 18.8 Å². The van der Waals surface area contributed by atoms with Crippen LogP contribution >= 0.6 is 11.3 Å². The van der Waals surface area contributed by atoms with Gasteiger partial charge in [0.2, 0.25) is 0 Å². The highest BCUT2D eigenvalue weighted by atomic mass is 32.1. The number of aromatic nitrogens is 1. The van der Waals surface area contributed by atoms with Crippen molar-refractivity contribution in [1.82, 2.24) is 9.88 Å². The summed E-state index contributed by atoms with van der Waals surface area (Å²) in [6.45, 7) is -1.33. The summed E-state index contributed by atoms with van der Waals surface area (Å²) in [5, 5.41) is 18.5. The first-order chi connectivity index (χ1) is 7.50. The molecule has 0 saturated heterocycles. The highest BCUT2D eigenvalue weighted by molar-refractivity contribution is 7.07. The van der Waals surface area contributed by atoms with Crippen LogP contribution in [0.15, 0.2) is 10.9 Å². The molecular weight excluding hydrogens is 236 g/mol. The number of carboxylic acid groups (broad SMARTS) is 2. The maximum absolute atomic E-state index is 11.6. The Morgan fingerprint density at radius 2 is 1.81 bits per heavy atom. The molecule has 0 aliphatic rings. The number of nitrogens with zero attached hydrogens (tertiary/aromatic N) is 2. The average molecular weight is 244 g/mol. The smallest absolute Gasteiger partial charge is 0.323 e. The molecule has 86 valence electrons. The van der Waals surface area contributed by atoms with Gasteiger partial charge in [-0.05, 0) is 0 Å². The van der Waals surface area contributed by atoms with Gasteiger partial charge in [-0.25, -0.2) is 4.98 Å². The summed E-state index contributed by atoms with van der Waals surface area (Å²) in [6, 6.07) is 0. The maximum Gasteiger partial charge on any atom is 0.323 e. The third kappa shape index (κ3) is 3.31. The zero-order chi connectivity index (χ0) is 12.1. The first kappa shape index (κ1) is 12.1. The fraction of sp³-hybridized carbons (Fsp3) is 0.250. The molecule has 1 rings (SSSR count). The van der Waals surface area contributed by atoms with Crippen molar-refractivity contribution in [2.24, 2.45) is 0 Å². The van der Waals surface area contributed by atoms with Crippen molar-refractivity contribution >= 4 is 29.2 Å². The van der Waals surface area contributed by atoms with E-state index in [2.05, 4.69) is 4.98 Å². The molecule has 1 aromatic heterocycles. The van der Waals surface area contributed by atoms with E-state index in [-0.39, 0.29) is 5.69 Å². The molecule has 0 bridgehead atoms. The number of carboxylic acids is 2. The minimum atomic E-state index is -1.27. The summed E-state index contributed by atoms with van der Waals surface area (Å²) in [7, 11) is 0. The van der Waals surface area contributed by atoms with Crippen molar-refractivity contribution in [3.8, 4) is 0 Å². The average Bonchev–Trinajstić information content (AvgIpc) is 2.66. The molecule has 0 aliphatic heterocycles. The quantitative estimate of drug-likeness (QED) is 0.739. The molecule has 0 fully saturated rings. The van der Waals surface area contributed by atoms with Crippen LogP contribution < -0.4 is 0 Å². The number of carbonyl (C=O) groups is 3. The van der Waals surface area contributed by atoms with Gasteiger partial charge in [0.05, 0.1) is 5.51 Å². The van der Waals surface area contributed by atoms with Crippen LogP contribution in [-0.4, -0.2) is 51.0 Å². The van der Waals surface area contributed by atoms with Gasteiger partial charge in [0.25, 0.3) is 5.91 Å². The topological polar surface area (TPSA) is 108 Å². The van der Waals surface area contributed by atoms with Gasteiger partial charge in [-0.1, -0.05) is 0 Å². The molecule has 2 N–H and O–H groups in total. The Balaban J connectivity index is 2.79. The van der Waals surface area contributed by atoms with Crippen LogP contribution in [0, 0.1) is 0 Å². The van der Waals surface area contributed by atoms with Gasteiger partial charge in [-0.3, -0.25) is 14.4 Å². The molecule has 0 spiro atoms. The second-order valence-corrected chi connectivity index (χ2v) is 3.54. The Kier molecular flexibility index (Phi) is 3.95. The molecule has 0 atom stereocenters.